The van der Waals surface area contributed by atoms with E-state index in [9.17, 15) is 13.2 Å². The van der Waals surface area contributed by atoms with E-state index in [1.54, 1.807) is 11.5 Å². The highest BCUT2D eigenvalue weighted by Gasteiger charge is 2.33. The number of fused-ring (bicyclic) bond motifs is 1. The predicted molar refractivity (Wildman–Crippen MR) is 110 cm³/mol. The fraction of sp³-hybridized carbons (Fsp3) is 0.667. The molecule has 1 N–H and O–H groups in total. The van der Waals surface area contributed by atoms with E-state index in [4.69, 9.17) is 4.74 Å². The van der Waals surface area contributed by atoms with Crippen molar-refractivity contribution >= 4 is 10.0 Å². The van der Waals surface area contributed by atoms with Crippen LogP contribution in [0.15, 0.2) is 16.9 Å². The second-order valence-corrected chi connectivity index (χ2v) is 9.77. The summed E-state index contributed by atoms with van der Waals surface area (Å²) in [4.78, 5) is 12.8. The summed E-state index contributed by atoms with van der Waals surface area (Å²) in [6.45, 7) is 3.99. The van der Waals surface area contributed by atoms with Crippen LogP contribution in [0, 0.1) is 24.7 Å². The molecule has 1 aliphatic carbocycles. The van der Waals surface area contributed by atoms with Gasteiger partial charge in [0.25, 0.3) is 5.56 Å². The molecule has 0 spiro atoms. The third kappa shape index (κ3) is 5.05. The van der Waals surface area contributed by atoms with Gasteiger partial charge in [-0.15, -0.1) is 11.8 Å². The van der Waals surface area contributed by atoms with E-state index in [-0.39, 0.29) is 23.7 Å². The van der Waals surface area contributed by atoms with Crippen molar-refractivity contribution in [1.29, 1.82) is 0 Å². The summed E-state index contributed by atoms with van der Waals surface area (Å²) in [5.74, 6) is 6.68. The van der Waals surface area contributed by atoms with Gasteiger partial charge in [0.1, 0.15) is 0 Å². The molecule has 0 saturated heterocycles. The van der Waals surface area contributed by atoms with Gasteiger partial charge in [-0.2, -0.15) is 0 Å². The van der Waals surface area contributed by atoms with Gasteiger partial charge >= 0.3 is 0 Å². The average Bonchev–Trinajstić information content (AvgIpc) is 2.64. The number of pyridine rings is 1. The monoisotopic (exact) mass is 406 g/mol. The SMILES string of the molecule is CC#CC1CCC(OC[C@H]2[C@@H](NS(C)(=O)=O)CCc3ccc(C)c(=O)n32)CC1. The van der Waals surface area contributed by atoms with Crippen LogP contribution < -0.4 is 10.3 Å². The minimum Gasteiger partial charge on any atom is -0.376 e. The van der Waals surface area contributed by atoms with E-state index in [2.05, 4.69) is 16.6 Å². The highest BCUT2D eigenvalue weighted by atomic mass is 32.2. The molecule has 0 unspecified atom stereocenters. The van der Waals surface area contributed by atoms with E-state index in [1.165, 1.54) is 0 Å². The zero-order valence-electron chi connectivity index (χ0n) is 16.9. The number of nitrogens with zero attached hydrogens (tertiary/aromatic N) is 1. The molecule has 0 amide bonds. The number of ether oxygens (including phenoxy) is 1. The molecule has 7 heteroatoms. The summed E-state index contributed by atoms with van der Waals surface area (Å²) < 4.78 is 34.4. The molecule has 1 aromatic heterocycles. The summed E-state index contributed by atoms with van der Waals surface area (Å²) >= 11 is 0. The lowest BCUT2D eigenvalue weighted by molar-refractivity contribution is -0.00298. The third-order valence-electron chi connectivity index (χ3n) is 5.79. The van der Waals surface area contributed by atoms with Gasteiger partial charge in [-0.05, 0) is 58.4 Å². The highest BCUT2D eigenvalue weighted by Crippen LogP contribution is 2.29. The Bertz CT molecular complexity index is 918. The number of aryl methyl sites for hydroxylation is 2. The minimum atomic E-state index is -3.38. The van der Waals surface area contributed by atoms with Crippen LogP contribution >= 0.6 is 0 Å². The van der Waals surface area contributed by atoms with Crippen molar-refractivity contribution in [2.75, 3.05) is 12.9 Å². The number of aromatic nitrogens is 1. The van der Waals surface area contributed by atoms with Gasteiger partial charge in [0, 0.05) is 23.2 Å². The fourth-order valence-electron chi connectivity index (χ4n) is 4.35. The van der Waals surface area contributed by atoms with Crippen molar-refractivity contribution in [3.63, 3.8) is 0 Å². The number of hydrogen-bond acceptors (Lipinski definition) is 4. The van der Waals surface area contributed by atoms with E-state index < -0.39 is 10.0 Å². The van der Waals surface area contributed by atoms with Crippen molar-refractivity contribution in [3.8, 4) is 11.8 Å². The average molecular weight is 407 g/mol. The zero-order chi connectivity index (χ0) is 20.3. The van der Waals surface area contributed by atoms with E-state index in [1.807, 2.05) is 19.1 Å². The molecule has 1 aliphatic heterocycles. The van der Waals surface area contributed by atoms with Crippen molar-refractivity contribution in [3.05, 3.63) is 33.7 Å². The molecule has 1 fully saturated rings. The maximum Gasteiger partial charge on any atom is 0.254 e. The molecule has 0 radical (unpaired) electrons. The molecule has 154 valence electrons. The molecule has 3 rings (SSSR count). The van der Waals surface area contributed by atoms with Gasteiger partial charge in [-0.3, -0.25) is 4.79 Å². The summed E-state index contributed by atoms with van der Waals surface area (Å²) in [5, 5.41) is 0. The molecule has 28 heavy (non-hydrogen) atoms. The zero-order valence-corrected chi connectivity index (χ0v) is 17.7. The molecule has 1 saturated carbocycles. The Morgan fingerprint density at radius 1 is 1.21 bits per heavy atom. The van der Waals surface area contributed by atoms with Gasteiger partial charge < -0.3 is 9.30 Å². The lowest BCUT2D eigenvalue weighted by Gasteiger charge is -2.36. The van der Waals surface area contributed by atoms with Crippen LogP contribution in [0.25, 0.3) is 0 Å². The molecule has 0 aromatic carbocycles. The highest BCUT2D eigenvalue weighted by molar-refractivity contribution is 7.88. The summed E-state index contributed by atoms with van der Waals surface area (Å²) in [6.07, 6.45) is 6.57. The van der Waals surface area contributed by atoms with E-state index in [0.29, 0.717) is 30.9 Å². The van der Waals surface area contributed by atoms with Gasteiger partial charge in [0.05, 0.1) is 25.0 Å². The first kappa shape index (κ1) is 21.1. The summed E-state index contributed by atoms with van der Waals surface area (Å²) in [5.41, 5.74) is 1.54. The van der Waals surface area contributed by atoms with Crippen LogP contribution in [0.3, 0.4) is 0 Å². The Labute approximate surface area is 167 Å². The Kier molecular flexibility index (Phi) is 6.64. The molecule has 0 bridgehead atoms. The van der Waals surface area contributed by atoms with Gasteiger partial charge in [-0.1, -0.05) is 6.07 Å². The quantitative estimate of drug-likeness (QED) is 0.760. The Morgan fingerprint density at radius 3 is 2.57 bits per heavy atom. The largest absolute Gasteiger partial charge is 0.376 e. The van der Waals surface area contributed by atoms with Crippen molar-refractivity contribution in [1.82, 2.24) is 9.29 Å². The first-order valence-corrected chi connectivity index (χ1v) is 11.9. The van der Waals surface area contributed by atoms with Gasteiger partial charge in [0.15, 0.2) is 0 Å². The maximum atomic E-state index is 12.8. The smallest absolute Gasteiger partial charge is 0.254 e. The standard InChI is InChI=1S/C21H30N2O4S/c1-4-5-16-7-11-18(12-8-16)27-14-20-19(22-28(3,25)26)13-10-17-9-6-15(2)21(24)23(17)20/h6,9,16,18-20,22H,7-8,10-14H2,1-3H3/t16?,18?,19-,20-/m0/s1. The second kappa shape index (κ2) is 8.81. The van der Waals surface area contributed by atoms with Crippen LogP contribution in [-0.2, 0) is 21.2 Å². The first-order chi connectivity index (χ1) is 13.3. The molecule has 6 nitrogen and oxygen atoms in total. The lowest BCUT2D eigenvalue weighted by Crippen LogP contribution is -2.49. The van der Waals surface area contributed by atoms with Crippen LogP contribution in [0.4, 0.5) is 0 Å². The van der Waals surface area contributed by atoms with E-state index in [0.717, 1.165) is 37.6 Å². The Morgan fingerprint density at radius 2 is 1.93 bits per heavy atom. The van der Waals surface area contributed by atoms with Crippen molar-refractivity contribution in [2.24, 2.45) is 5.92 Å². The first-order valence-electron chi connectivity index (χ1n) is 10.0. The predicted octanol–water partition coefficient (Wildman–Crippen LogP) is 2.16. The molecule has 1 aromatic rings. The Hall–Kier alpha value is -1.62. The molecule has 2 atom stereocenters. The van der Waals surface area contributed by atoms with Crippen LogP contribution in [0.2, 0.25) is 0 Å². The number of nitrogens with one attached hydrogen (secondary N) is 1. The molecule has 2 heterocycles. The maximum absolute atomic E-state index is 12.8. The van der Waals surface area contributed by atoms with E-state index >= 15 is 0 Å². The number of sulfonamides is 1. The normalized spacial score (nSPS) is 27.5. The number of rotatable bonds is 5. The molecular weight excluding hydrogens is 376 g/mol. The van der Waals surface area contributed by atoms with Crippen LogP contribution in [0.1, 0.15) is 56.3 Å². The minimum absolute atomic E-state index is 0.0620. The molecular formula is C21H30N2O4S. The van der Waals surface area contributed by atoms with Crippen LogP contribution in [-0.4, -0.2) is 38.0 Å². The topological polar surface area (TPSA) is 77.4 Å². The van der Waals surface area contributed by atoms with Crippen LogP contribution in [0.5, 0.6) is 0 Å². The second-order valence-electron chi connectivity index (χ2n) is 7.99. The fourth-order valence-corrected chi connectivity index (χ4v) is 5.18. The van der Waals surface area contributed by atoms with Crippen molar-refractivity contribution < 1.29 is 13.2 Å². The molecule has 2 aliphatic rings. The number of hydrogen-bond donors (Lipinski definition) is 1. The summed E-state index contributed by atoms with van der Waals surface area (Å²) in [7, 11) is -3.38. The third-order valence-corrected chi connectivity index (χ3v) is 6.52. The van der Waals surface area contributed by atoms with Gasteiger partial charge in [-0.25, -0.2) is 13.1 Å². The van der Waals surface area contributed by atoms with Gasteiger partial charge in [0.2, 0.25) is 10.0 Å². The Balaban J connectivity index is 1.78. The van der Waals surface area contributed by atoms with Crippen molar-refractivity contribution in [2.45, 2.75) is 70.6 Å². The summed E-state index contributed by atoms with van der Waals surface area (Å²) in [6, 6.07) is 3.13. The lowest BCUT2D eigenvalue weighted by atomic mass is 9.88.